The molecule has 2 amide bonds. The van der Waals surface area contributed by atoms with Crippen molar-refractivity contribution < 1.29 is 14.3 Å². The number of nitrogens with zero attached hydrogens (tertiary/aromatic N) is 2. The summed E-state index contributed by atoms with van der Waals surface area (Å²) in [5.41, 5.74) is 1.42. The molecule has 1 fully saturated rings. The van der Waals surface area contributed by atoms with Crippen LogP contribution in [0.15, 0.2) is 72.2 Å². The zero-order valence-electron chi connectivity index (χ0n) is 16.2. The average Bonchev–Trinajstić information content (AvgIpc) is 2.99. The molecule has 1 atom stereocenters. The molecule has 1 heterocycles. The van der Waals surface area contributed by atoms with Crippen LogP contribution in [0.3, 0.4) is 0 Å². The predicted molar refractivity (Wildman–Crippen MR) is 118 cm³/mol. The lowest BCUT2D eigenvalue weighted by Crippen LogP contribution is -2.33. The highest BCUT2D eigenvalue weighted by molar-refractivity contribution is 8.15. The highest BCUT2D eigenvalue weighted by Crippen LogP contribution is 2.31. The molecule has 6 nitrogen and oxygen atoms in total. The second-order valence-corrected chi connectivity index (χ2v) is 7.45. The van der Waals surface area contributed by atoms with Crippen LogP contribution in [0.25, 0.3) is 0 Å². The van der Waals surface area contributed by atoms with E-state index in [1.807, 2.05) is 37.3 Å². The SMILES string of the molecule is C=CCN1C(=O)[C@@H](CC(=O)Nc2ccc(OCC)cc2)SC1=Nc1ccccc1. The van der Waals surface area contributed by atoms with Gasteiger partial charge < -0.3 is 10.1 Å². The van der Waals surface area contributed by atoms with Crippen LogP contribution in [-0.2, 0) is 9.59 Å². The summed E-state index contributed by atoms with van der Waals surface area (Å²) in [6.45, 7) is 6.57. The first-order chi connectivity index (χ1) is 14.1. The van der Waals surface area contributed by atoms with Crippen molar-refractivity contribution in [3.05, 3.63) is 67.3 Å². The van der Waals surface area contributed by atoms with Gasteiger partial charge in [-0.2, -0.15) is 0 Å². The van der Waals surface area contributed by atoms with Crippen LogP contribution in [0.5, 0.6) is 5.75 Å². The van der Waals surface area contributed by atoms with E-state index in [1.54, 1.807) is 35.2 Å². The zero-order valence-corrected chi connectivity index (χ0v) is 17.0. The zero-order chi connectivity index (χ0) is 20.6. The molecule has 2 aromatic rings. The van der Waals surface area contributed by atoms with Gasteiger partial charge in [0.15, 0.2) is 5.17 Å². The molecule has 3 rings (SSSR count). The summed E-state index contributed by atoms with van der Waals surface area (Å²) in [6.07, 6.45) is 1.72. The van der Waals surface area contributed by atoms with Crippen LogP contribution in [0.2, 0.25) is 0 Å². The van der Waals surface area contributed by atoms with Gasteiger partial charge in [0, 0.05) is 18.7 Å². The molecule has 0 spiro atoms. The Labute approximate surface area is 174 Å². The highest BCUT2D eigenvalue weighted by atomic mass is 32.2. The molecule has 1 saturated heterocycles. The third-order valence-electron chi connectivity index (χ3n) is 4.13. The van der Waals surface area contributed by atoms with Crippen molar-refractivity contribution >= 4 is 40.1 Å². The van der Waals surface area contributed by atoms with Crippen molar-refractivity contribution in [1.29, 1.82) is 0 Å². The number of amidine groups is 1. The lowest BCUT2D eigenvalue weighted by molar-refractivity contribution is -0.127. The molecular formula is C22H23N3O3S. The van der Waals surface area contributed by atoms with E-state index >= 15 is 0 Å². The van der Waals surface area contributed by atoms with E-state index < -0.39 is 5.25 Å². The minimum atomic E-state index is -0.514. The van der Waals surface area contributed by atoms with Crippen molar-refractivity contribution in [2.75, 3.05) is 18.5 Å². The number of para-hydroxylation sites is 1. The van der Waals surface area contributed by atoms with E-state index in [0.717, 1.165) is 11.4 Å². The minimum Gasteiger partial charge on any atom is -0.494 e. The van der Waals surface area contributed by atoms with Crippen LogP contribution in [0.1, 0.15) is 13.3 Å². The normalized spacial score (nSPS) is 17.4. The van der Waals surface area contributed by atoms with Gasteiger partial charge in [-0.15, -0.1) is 6.58 Å². The Bertz CT molecular complexity index is 897. The second-order valence-electron chi connectivity index (χ2n) is 6.28. The van der Waals surface area contributed by atoms with Crippen LogP contribution >= 0.6 is 11.8 Å². The molecule has 0 saturated carbocycles. The summed E-state index contributed by atoms with van der Waals surface area (Å²) in [4.78, 5) is 31.4. The van der Waals surface area contributed by atoms with Gasteiger partial charge in [-0.25, -0.2) is 4.99 Å². The first-order valence-electron chi connectivity index (χ1n) is 9.36. The molecule has 1 N–H and O–H groups in total. The summed E-state index contributed by atoms with van der Waals surface area (Å²) in [7, 11) is 0. The topological polar surface area (TPSA) is 71.0 Å². The quantitative estimate of drug-likeness (QED) is 0.663. The Balaban J connectivity index is 1.66. The third-order valence-corrected chi connectivity index (χ3v) is 5.31. The molecule has 150 valence electrons. The Kier molecular flexibility index (Phi) is 7.08. The number of amides is 2. The van der Waals surface area contributed by atoms with Crippen LogP contribution in [0.4, 0.5) is 11.4 Å². The number of carbonyl (C=O) groups excluding carboxylic acids is 2. The first kappa shape index (κ1) is 20.7. The molecule has 0 bridgehead atoms. The number of carbonyl (C=O) groups is 2. The number of nitrogens with one attached hydrogen (secondary N) is 1. The molecule has 1 aliphatic heterocycles. The van der Waals surface area contributed by atoms with Crippen molar-refractivity contribution in [2.45, 2.75) is 18.6 Å². The van der Waals surface area contributed by atoms with Crippen LogP contribution in [0, 0.1) is 0 Å². The highest BCUT2D eigenvalue weighted by Gasteiger charge is 2.38. The number of ether oxygens (including phenoxy) is 1. The van der Waals surface area contributed by atoms with Gasteiger partial charge in [-0.3, -0.25) is 14.5 Å². The summed E-state index contributed by atoms with van der Waals surface area (Å²) < 4.78 is 5.40. The Morgan fingerprint density at radius 1 is 1.24 bits per heavy atom. The summed E-state index contributed by atoms with van der Waals surface area (Å²) in [5, 5.41) is 2.90. The van der Waals surface area contributed by atoms with Crippen LogP contribution < -0.4 is 10.1 Å². The fourth-order valence-electron chi connectivity index (χ4n) is 2.82. The molecular weight excluding hydrogens is 386 g/mol. The van der Waals surface area contributed by atoms with Crippen molar-refractivity contribution in [2.24, 2.45) is 4.99 Å². The first-order valence-corrected chi connectivity index (χ1v) is 10.2. The van der Waals surface area contributed by atoms with Gasteiger partial charge in [-0.05, 0) is 43.3 Å². The number of benzene rings is 2. The smallest absolute Gasteiger partial charge is 0.242 e. The average molecular weight is 410 g/mol. The number of anilines is 1. The van der Waals surface area contributed by atoms with Crippen molar-refractivity contribution in [3.63, 3.8) is 0 Å². The van der Waals surface area contributed by atoms with Gasteiger partial charge in [0.2, 0.25) is 11.8 Å². The third kappa shape index (κ3) is 5.48. The van der Waals surface area contributed by atoms with E-state index in [4.69, 9.17) is 4.74 Å². The molecule has 0 aromatic heterocycles. The number of rotatable bonds is 8. The minimum absolute atomic E-state index is 0.0676. The fraction of sp³-hybridized carbons (Fsp3) is 0.227. The largest absolute Gasteiger partial charge is 0.494 e. The standard InChI is InChI=1S/C22H23N3O3S/c1-3-14-25-21(27)19(29-22(25)24-16-8-6-5-7-9-16)15-20(26)23-17-10-12-18(13-11-17)28-4-2/h3,5-13,19H,1,4,14-15H2,2H3,(H,23,26)/t19-/m1/s1. The molecule has 0 radical (unpaired) electrons. The van der Waals surface area contributed by atoms with Gasteiger partial charge >= 0.3 is 0 Å². The van der Waals surface area contributed by atoms with Crippen molar-refractivity contribution in [1.82, 2.24) is 4.90 Å². The Morgan fingerprint density at radius 2 is 1.97 bits per heavy atom. The monoisotopic (exact) mass is 409 g/mol. The molecule has 0 aliphatic carbocycles. The van der Waals surface area contributed by atoms with Gasteiger partial charge in [0.1, 0.15) is 11.0 Å². The van der Waals surface area contributed by atoms with E-state index in [1.165, 1.54) is 11.8 Å². The van der Waals surface area contributed by atoms with Gasteiger partial charge in [0.25, 0.3) is 0 Å². The second kappa shape index (κ2) is 9.93. The van der Waals surface area contributed by atoms with E-state index in [-0.39, 0.29) is 18.2 Å². The summed E-state index contributed by atoms with van der Waals surface area (Å²) >= 11 is 1.31. The fourth-order valence-corrected chi connectivity index (χ4v) is 3.98. The molecule has 2 aromatic carbocycles. The number of aliphatic imine (C=N–C) groups is 1. The molecule has 29 heavy (non-hydrogen) atoms. The number of hydrogen-bond donors (Lipinski definition) is 1. The number of hydrogen-bond acceptors (Lipinski definition) is 5. The lowest BCUT2D eigenvalue weighted by atomic mass is 10.2. The lowest BCUT2D eigenvalue weighted by Gasteiger charge is -2.13. The number of thioether (sulfide) groups is 1. The molecule has 1 aliphatic rings. The summed E-state index contributed by atoms with van der Waals surface area (Å²) in [6, 6.07) is 16.6. The maximum Gasteiger partial charge on any atom is 0.242 e. The van der Waals surface area contributed by atoms with Gasteiger partial charge in [0.05, 0.1) is 12.3 Å². The van der Waals surface area contributed by atoms with Gasteiger partial charge in [-0.1, -0.05) is 36.0 Å². The maximum atomic E-state index is 12.8. The van der Waals surface area contributed by atoms with E-state index in [2.05, 4.69) is 16.9 Å². The molecule has 7 heteroatoms. The van der Waals surface area contributed by atoms with E-state index in [0.29, 0.717) is 24.0 Å². The van der Waals surface area contributed by atoms with Crippen molar-refractivity contribution in [3.8, 4) is 5.75 Å². The van der Waals surface area contributed by atoms with E-state index in [9.17, 15) is 9.59 Å². The maximum absolute atomic E-state index is 12.8. The predicted octanol–water partition coefficient (Wildman–Crippen LogP) is 4.23. The van der Waals surface area contributed by atoms with Crippen LogP contribution in [-0.4, -0.2) is 40.3 Å². The Morgan fingerprint density at radius 3 is 2.62 bits per heavy atom. The summed E-state index contributed by atoms with van der Waals surface area (Å²) in [5.74, 6) is 0.389. The molecule has 0 unspecified atom stereocenters. The Hall–Kier alpha value is -3.06.